The average Bonchev–Trinajstić information content (AvgIpc) is 2.65. The van der Waals surface area contributed by atoms with E-state index in [1.165, 1.54) is 18.2 Å². The monoisotopic (exact) mass is 287 g/mol. The number of hydrogen-bond donors (Lipinski definition) is 1. The predicted molar refractivity (Wildman–Crippen MR) is 67.7 cm³/mol. The van der Waals surface area contributed by atoms with Gasteiger partial charge in [0, 0.05) is 5.56 Å². The molecule has 3 nitrogen and oxygen atoms in total. The van der Waals surface area contributed by atoms with Gasteiger partial charge in [-0.25, -0.2) is 0 Å². The van der Waals surface area contributed by atoms with Crippen molar-refractivity contribution < 1.29 is 22.7 Å². The average molecular weight is 287 g/mol. The first kappa shape index (κ1) is 14.8. The smallest absolute Gasteiger partial charge is 0.406 e. The summed E-state index contributed by atoms with van der Waals surface area (Å²) in [5.74, 6) is -0.545. The van der Waals surface area contributed by atoms with E-state index in [9.17, 15) is 18.0 Å². The molecule has 6 heteroatoms. The van der Waals surface area contributed by atoms with Gasteiger partial charge in [0.05, 0.1) is 6.04 Å². The summed E-state index contributed by atoms with van der Waals surface area (Å²) in [5, 5.41) is 3.13. The van der Waals surface area contributed by atoms with Crippen molar-refractivity contribution in [3.8, 4) is 5.75 Å². The van der Waals surface area contributed by atoms with Gasteiger partial charge in [0.15, 0.2) is 5.78 Å². The number of carbonyl (C=O) groups excluding carboxylic acids is 1. The van der Waals surface area contributed by atoms with Crippen molar-refractivity contribution in [2.24, 2.45) is 0 Å². The minimum atomic E-state index is -4.75. The number of halogens is 3. The number of hydrogen-bond acceptors (Lipinski definition) is 3. The number of benzene rings is 1. The number of alkyl halides is 3. The SMILES string of the molecule is O=C(c1cccc(OC(F)(F)F)c1)C1CCCCCN1. The maximum absolute atomic E-state index is 12.3. The lowest BCUT2D eigenvalue weighted by molar-refractivity contribution is -0.274. The van der Waals surface area contributed by atoms with E-state index in [1.54, 1.807) is 0 Å². The Kier molecular flexibility index (Phi) is 4.65. The topological polar surface area (TPSA) is 38.3 Å². The Labute approximate surface area is 115 Å². The van der Waals surface area contributed by atoms with Gasteiger partial charge in [-0.1, -0.05) is 25.0 Å². The van der Waals surface area contributed by atoms with Crippen molar-refractivity contribution in [1.29, 1.82) is 0 Å². The van der Waals surface area contributed by atoms with Crippen molar-refractivity contribution in [2.45, 2.75) is 38.1 Å². The molecule has 0 bridgehead atoms. The highest BCUT2D eigenvalue weighted by atomic mass is 19.4. The molecule has 1 aliphatic heterocycles. The van der Waals surface area contributed by atoms with E-state index in [4.69, 9.17) is 0 Å². The number of nitrogens with one attached hydrogen (secondary N) is 1. The van der Waals surface area contributed by atoms with E-state index in [1.807, 2.05) is 0 Å². The van der Waals surface area contributed by atoms with Crippen LogP contribution in [0.5, 0.6) is 5.75 Å². The van der Waals surface area contributed by atoms with Gasteiger partial charge in [-0.2, -0.15) is 0 Å². The Morgan fingerprint density at radius 3 is 2.80 bits per heavy atom. The molecule has 0 aliphatic carbocycles. The number of ketones is 1. The van der Waals surface area contributed by atoms with E-state index in [0.717, 1.165) is 31.9 Å². The fourth-order valence-corrected chi connectivity index (χ4v) is 2.30. The van der Waals surface area contributed by atoms with Gasteiger partial charge >= 0.3 is 6.36 Å². The van der Waals surface area contributed by atoms with Crippen molar-refractivity contribution in [1.82, 2.24) is 5.32 Å². The third-order valence-corrected chi connectivity index (χ3v) is 3.23. The molecule has 0 saturated carbocycles. The normalized spacial score (nSPS) is 20.2. The van der Waals surface area contributed by atoms with Crippen LogP contribution in [0.3, 0.4) is 0 Å². The molecule has 1 N–H and O–H groups in total. The van der Waals surface area contributed by atoms with Gasteiger partial charge in [-0.05, 0) is 31.5 Å². The summed E-state index contributed by atoms with van der Waals surface area (Å²) in [6, 6.07) is 4.91. The summed E-state index contributed by atoms with van der Waals surface area (Å²) in [5.41, 5.74) is 0.242. The fourth-order valence-electron chi connectivity index (χ4n) is 2.30. The summed E-state index contributed by atoms with van der Waals surface area (Å²) in [7, 11) is 0. The first-order valence-electron chi connectivity index (χ1n) is 6.59. The molecule has 0 spiro atoms. The number of ether oxygens (including phenoxy) is 1. The third-order valence-electron chi connectivity index (χ3n) is 3.23. The van der Waals surface area contributed by atoms with Crippen molar-refractivity contribution in [3.05, 3.63) is 29.8 Å². The first-order chi connectivity index (χ1) is 9.46. The zero-order chi connectivity index (χ0) is 14.6. The lowest BCUT2D eigenvalue weighted by atomic mass is 10.0. The lowest BCUT2D eigenvalue weighted by Crippen LogP contribution is -2.36. The highest BCUT2D eigenvalue weighted by molar-refractivity contribution is 6.00. The molecule has 1 fully saturated rings. The molecule has 2 rings (SSSR count). The Morgan fingerprint density at radius 2 is 2.05 bits per heavy atom. The van der Waals surface area contributed by atoms with Crippen molar-refractivity contribution in [2.75, 3.05) is 6.54 Å². The molecule has 1 aromatic rings. The second kappa shape index (κ2) is 6.26. The Balaban J connectivity index is 2.11. The quantitative estimate of drug-likeness (QED) is 0.867. The maximum Gasteiger partial charge on any atom is 0.573 e. The third kappa shape index (κ3) is 4.23. The van der Waals surface area contributed by atoms with E-state index in [-0.39, 0.29) is 23.1 Å². The van der Waals surface area contributed by atoms with Gasteiger partial charge < -0.3 is 10.1 Å². The Hall–Kier alpha value is -1.56. The van der Waals surface area contributed by atoms with Crippen LogP contribution < -0.4 is 10.1 Å². The van der Waals surface area contributed by atoms with Crippen molar-refractivity contribution in [3.63, 3.8) is 0 Å². The Morgan fingerprint density at radius 1 is 1.25 bits per heavy atom. The van der Waals surface area contributed by atoms with Crippen LogP contribution >= 0.6 is 0 Å². The van der Waals surface area contributed by atoms with E-state index < -0.39 is 6.36 Å². The zero-order valence-electron chi connectivity index (χ0n) is 10.9. The van der Waals surface area contributed by atoms with E-state index in [2.05, 4.69) is 10.1 Å². The maximum atomic E-state index is 12.3. The van der Waals surface area contributed by atoms with Gasteiger partial charge in [0.1, 0.15) is 5.75 Å². The van der Waals surface area contributed by atoms with Crippen molar-refractivity contribution >= 4 is 5.78 Å². The molecular weight excluding hydrogens is 271 g/mol. The lowest BCUT2D eigenvalue weighted by Gasteiger charge is -2.15. The minimum Gasteiger partial charge on any atom is -0.406 e. The van der Waals surface area contributed by atoms with Crippen LogP contribution in [0.2, 0.25) is 0 Å². The Bertz CT molecular complexity index is 466. The summed E-state index contributed by atoms with van der Waals surface area (Å²) in [6.45, 7) is 0.759. The molecule has 1 saturated heterocycles. The molecule has 0 radical (unpaired) electrons. The van der Waals surface area contributed by atoms with Crippen LogP contribution in [0.15, 0.2) is 24.3 Å². The molecular formula is C14H16F3NO2. The first-order valence-corrected chi connectivity index (χ1v) is 6.59. The van der Waals surface area contributed by atoms with Crippen LogP contribution in [0.1, 0.15) is 36.0 Å². The summed E-state index contributed by atoms with van der Waals surface area (Å²) < 4.78 is 40.3. The van der Waals surface area contributed by atoms with Crippen LogP contribution in [0.4, 0.5) is 13.2 Å². The molecule has 0 amide bonds. The van der Waals surface area contributed by atoms with E-state index >= 15 is 0 Å². The standard InChI is InChI=1S/C14H16F3NO2/c15-14(16,17)20-11-6-4-5-10(9-11)13(19)12-7-2-1-3-8-18-12/h4-6,9,12,18H,1-3,7-8H2. The zero-order valence-corrected chi connectivity index (χ0v) is 10.9. The highest BCUT2D eigenvalue weighted by Gasteiger charge is 2.31. The molecule has 0 aromatic heterocycles. The summed E-state index contributed by atoms with van der Waals surface area (Å²) in [4.78, 5) is 12.3. The summed E-state index contributed by atoms with van der Waals surface area (Å²) >= 11 is 0. The minimum absolute atomic E-state index is 0.181. The number of rotatable bonds is 3. The molecule has 1 aromatic carbocycles. The highest BCUT2D eigenvalue weighted by Crippen LogP contribution is 2.24. The van der Waals surface area contributed by atoms with Crippen LogP contribution in [-0.4, -0.2) is 24.7 Å². The largest absolute Gasteiger partial charge is 0.573 e. The van der Waals surface area contributed by atoms with Gasteiger partial charge in [0.25, 0.3) is 0 Å². The van der Waals surface area contributed by atoms with Crippen LogP contribution in [0.25, 0.3) is 0 Å². The van der Waals surface area contributed by atoms with Gasteiger partial charge in [0.2, 0.25) is 0 Å². The van der Waals surface area contributed by atoms with Crippen LogP contribution in [0, 0.1) is 0 Å². The summed E-state index contributed by atoms with van der Waals surface area (Å²) in [6.07, 6.45) is -1.01. The second-order valence-corrected chi connectivity index (χ2v) is 4.80. The molecule has 1 aliphatic rings. The van der Waals surface area contributed by atoms with E-state index in [0.29, 0.717) is 6.42 Å². The fraction of sp³-hybridized carbons (Fsp3) is 0.500. The second-order valence-electron chi connectivity index (χ2n) is 4.80. The van der Waals surface area contributed by atoms with Gasteiger partial charge in [-0.15, -0.1) is 13.2 Å². The van der Waals surface area contributed by atoms with Gasteiger partial charge in [-0.3, -0.25) is 4.79 Å². The number of carbonyl (C=O) groups is 1. The molecule has 110 valence electrons. The van der Waals surface area contributed by atoms with Crippen LogP contribution in [-0.2, 0) is 0 Å². The molecule has 1 heterocycles. The predicted octanol–water partition coefficient (Wildman–Crippen LogP) is 3.30. The molecule has 1 unspecified atom stereocenters. The molecule has 1 atom stereocenters. The molecule has 20 heavy (non-hydrogen) atoms. The number of Topliss-reactive ketones (excluding diaryl/α,β-unsaturated/α-hetero) is 1.